The summed E-state index contributed by atoms with van der Waals surface area (Å²) in [6.07, 6.45) is -1.09. The molecule has 1 atom stereocenters. The fourth-order valence-corrected chi connectivity index (χ4v) is 3.11. The van der Waals surface area contributed by atoms with E-state index in [2.05, 4.69) is 0 Å². The minimum Gasteiger partial charge on any atom is -0.383 e. The van der Waals surface area contributed by atoms with Crippen molar-refractivity contribution in [2.75, 3.05) is 0 Å². The van der Waals surface area contributed by atoms with E-state index in [0.717, 1.165) is 11.3 Å². The maximum Gasteiger partial charge on any atom is 0.132 e. The third kappa shape index (κ3) is 2.47. The summed E-state index contributed by atoms with van der Waals surface area (Å²) in [7, 11) is 0. The van der Waals surface area contributed by atoms with E-state index in [-0.39, 0.29) is 5.56 Å². The van der Waals surface area contributed by atoms with Crippen LogP contribution in [0.4, 0.5) is 4.39 Å². The molecule has 0 aliphatic carbocycles. The molecular formula is C12H9Cl2FOS. The molecule has 0 aliphatic heterocycles. The van der Waals surface area contributed by atoms with Gasteiger partial charge >= 0.3 is 0 Å². The van der Waals surface area contributed by atoms with E-state index >= 15 is 0 Å². The second kappa shape index (κ2) is 4.94. The zero-order valence-corrected chi connectivity index (χ0v) is 11.2. The first-order valence-electron chi connectivity index (χ1n) is 4.88. The molecule has 0 amide bonds. The highest BCUT2D eigenvalue weighted by Gasteiger charge is 2.20. The fraction of sp³-hybridized carbons (Fsp3) is 0.167. The Kier molecular flexibility index (Phi) is 3.73. The van der Waals surface area contributed by atoms with Crippen LogP contribution in [0.1, 0.15) is 22.8 Å². The minimum absolute atomic E-state index is 0.210. The highest BCUT2D eigenvalue weighted by atomic mass is 35.5. The van der Waals surface area contributed by atoms with E-state index in [0.29, 0.717) is 19.8 Å². The van der Waals surface area contributed by atoms with Crippen LogP contribution in [0.3, 0.4) is 0 Å². The first-order chi connectivity index (χ1) is 8.00. The zero-order chi connectivity index (χ0) is 12.6. The summed E-state index contributed by atoms with van der Waals surface area (Å²) in [4.78, 5) is 0. The molecule has 1 heterocycles. The lowest BCUT2D eigenvalue weighted by Crippen LogP contribution is -2.03. The van der Waals surface area contributed by atoms with Gasteiger partial charge in [0.1, 0.15) is 16.3 Å². The maximum absolute atomic E-state index is 13.8. The number of aryl methyl sites for hydroxylation is 1. The summed E-state index contributed by atoms with van der Waals surface area (Å²) in [5.74, 6) is -0.418. The van der Waals surface area contributed by atoms with Gasteiger partial charge in [-0.2, -0.15) is 0 Å². The van der Waals surface area contributed by atoms with Crippen molar-refractivity contribution in [3.8, 4) is 0 Å². The van der Waals surface area contributed by atoms with Crippen LogP contribution in [0.25, 0.3) is 0 Å². The van der Waals surface area contributed by atoms with E-state index in [9.17, 15) is 9.50 Å². The molecule has 0 radical (unpaired) electrons. The van der Waals surface area contributed by atoms with Crippen molar-refractivity contribution in [2.24, 2.45) is 0 Å². The molecule has 0 saturated carbocycles. The number of aliphatic hydroxyl groups is 1. The Morgan fingerprint density at radius 1 is 1.29 bits per heavy atom. The van der Waals surface area contributed by atoms with Crippen molar-refractivity contribution >= 4 is 34.5 Å². The molecule has 5 heteroatoms. The van der Waals surface area contributed by atoms with E-state index in [1.54, 1.807) is 25.1 Å². The van der Waals surface area contributed by atoms with Gasteiger partial charge in [-0.3, -0.25) is 0 Å². The van der Waals surface area contributed by atoms with Crippen molar-refractivity contribution in [3.63, 3.8) is 0 Å². The summed E-state index contributed by atoms with van der Waals surface area (Å²) in [6, 6.07) is 6.43. The van der Waals surface area contributed by atoms with E-state index < -0.39 is 11.9 Å². The molecule has 1 unspecified atom stereocenters. The Hall–Kier alpha value is -0.610. The molecule has 17 heavy (non-hydrogen) atoms. The van der Waals surface area contributed by atoms with Crippen molar-refractivity contribution in [2.45, 2.75) is 13.0 Å². The summed E-state index contributed by atoms with van der Waals surface area (Å²) < 4.78 is 14.7. The predicted molar refractivity (Wildman–Crippen MR) is 69.5 cm³/mol. The molecule has 0 aliphatic rings. The van der Waals surface area contributed by atoms with Crippen LogP contribution in [-0.2, 0) is 0 Å². The van der Waals surface area contributed by atoms with Gasteiger partial charge in [-0.05, 0) is 18.6 Å². The molecule has 0 bridgehead atoms. The topological polar surface area (TPSA) is 20.2 Å². The van der Waals surface area contributed by atoms with Gasteiger partial charge in [0, 0.05) is 11.1 Å². The largest absolute Gasteiger partial charge is 0.383 e. The molecule has 2 aromatic rings. The molecule has 2 rings (SSSR count). The average molecular weight is 291 g/mol. The Labute approximate surface area is 112 Å². The second-order valence-electron chi connectivity index (χ2n) is 3.66. The van der Waals surface area contributed by atoms with Crippen LogP contribution < -0.4 is 0 Å². The SMILES string of the molecule is Cc1cccc(C(O)c2cc(Cl)sc2Cl)c1F. The van der Waals surface area contributed by atoms with Gasteiger partial charge in [-0.15, -0.1) is 11.3 Å². The first-order valence-corrected chi connectivity index (χ1v) is 6.45. The van der Waals surface area contributed by atoms with Crippen LogP contribution >= 0.6 is 34.5 Å². The predicted octanol–water partition coefficient (Wildman–Crippen LogP) is 4.58. The van der Waals surface area contributed by atoms with Gasteiger partial charge in [0.25, 0.3) is 0 Å². The Bertz CT molecular complexity index is 553. The minimum atomic E-state index is -1.09. The van der Waals surface area contributed by atoms with Crippen LogP contribution in [0.2, 0.25) is 8.67 Å². The molecule has 90 valence electrons. The van der Waals surface area contributed by atoms with Crippen LogP contribution in [0.15, 0.2) is 24.3 Å². The van der Waals surface area contributed by atoms with Gasteiger partial charge in [0.15, 0.2) is 0 Å². The summed E-state index contributed by atoms with van der Waals surface area (Å²) in [5.41, 5.74) is 1.13. The summed E-state index contributed by atoms with van der Waals surface area (Å²) in [6.45, 7) is 1.65. The number of benzene rings is 1. The van der Waals surface area contributed by atoms with Gasteiger partial charge in [-0.25, -0.2) is 4.39 Å². The monoisotopic (exact) mass is 290 g/mol. The van der Waals surface area contributed by atoms with Crippen molar-refractivity contribution < 1.29 is 9.50 Å². The van der Waals surface area contributed by atoms with E-state index in [1.165, 1.54) is 6.07 Å². The number of rotatable bonds is 2. The van der Waals surface area contributed by atoms with Gasteiger partial charge in [-0.1, -0.05) is 41.4 Å². The number of halogens is 3. The molecule has 0 spiro atoms. The van der Waals surface area contributed by atoms with E-state index in [4.69, 9.17) is 23.2 Å². The normalized spacial score (nSPS) is 12.8. The summed E-state index contributed by atoms with van der Waals surface area (Å²) >= 11 is 12.9. The average Bonchev–Trinajstić information content (AvgIpc) is 2.61. The molecule has 1 nitrogen and oxygen atoms in total. The Morgan fingerprint density at radius 2 is 2.00 bits per heavy atom. The Morgan fingerprint density at radius 3 is 2.59 bits per heavy atom. The number of aliphatic hydroxyl groups excluding tert-OH is 1. The highest BCUT2D eigenvalue weighted by Crippen LogP contribution is 2.38. The van der Waals surface area contributed by atoms with Crippen LogP contribution in [0.5, 0.6) is 0 Å². The number of hydrogen-bond donors (Lipinski definition) is 1. The molecular weight excluding hydrogens is 282 g/mol. The lowest BCUT2D eigenvalue weighted by atomic mass is 10.0. The second-order valence-corrected chi connectivity index (χ2v) is 5.95. The van der Waals surface area contributed by atoms with Gasteiger partial charge < -0.3 is 5.11 Å². The number of hydrogen-bond acceptors (Lipinski definition) is 2. The fourth-order valence-electron chi connectivity index (χ4n) is 1.59. The van der Waals surface area contributed by atoms with Crippen LogP contribution in [-0.4, -0.2) is 5.11 Å². The van der Waals surface area contributed by atoms with Gasteiger partial charge in [0.2, 0.25) is 0 Å². The smallest absolute Gasteiger partial charge is 0.132 e. The molecule has 1 aromatic carbocycles. The highest BCUT2D eigenvalue weighted by molar-refractivity contribution is 7.20. The summed E-state index contributed by atoms with van der Waals surface area (Å²) in [5, 5.41) is 10.1. The standard InChI is InChI=1S/C12H9Cl2FOS/c1-6-3-2-4-7(10(6)15)11(16)8-5-9(13)17-12(8)14/h2-5,11,16H,1H3. The molecule has 1 aromatic heterocycles. The lowest BCUT2D eigenvalue weighted by Gasteiger charge is -2.12. The van der Waals surface area contributed by atoms with Crippen LogP contribution in [0, 0.1) is 12.7 Å². The zero-order valence-electron chi connectivity index (χ0n) is 8.88. The quantitative estimate of drug-likeness (QED) is 0.858. The van der Waals surface area contributed by atoms with Crippen molar-refractivity contribution in [1.82, 2.24) is 0 Å². The molecule has 0 fully saturated rings. The third-order valence-electron chi connectivity index (χ3n) is 2.49. The molecule has 0 saturated heterocycles. The van der Waals surface area contributed by atoms with Gasteiger partial charge in [0.05, 0.1) is 4.34 Å². The Balaban J connectivity index is 2.47. The first kappa shape index (κ1) is 12.8. The van der Waals surface area contributed by atoms with Crippen molar-refractivity contribution in [1.29, 1.82) is 0 Å². The maximum atomic E-state index is 13.8. The van der Waals surface area contributed by atoms with Crippen molar-refractivity contribution in [3.05, 3.63) is 55.4 Å². The lowest BCUT2D eigenvalue weighted by molar-refractivity contribution is 0.215. The molecule has 1 N–H and O–H groups in total. The number of thiophene rings is 1. The third-order valence-corrected chi connectivity index (χ3v) is 4.01. The van der Waals surface area contributed by atoms with E-state index in [1.807, 2.05) is 0 Å².